The number of nitrogens with zero attached hydrogens (tertiary/aromatic N) is 2. The highest BCUT2D eigenvalue weighted by atomic mass is 32.2. The Morgan fingerprint density at radius 2 is 2.00 bits per heavy atom. The van der Waals surface area contributed by atoms with Crippen molar-refractivity contribution in [2.75, 3.05) is 0 Å². The van der Waals surface area contributed by atoms with E-state index in [1.807, 2.05) is 6.07 Å². The summed E-state index contributed by atoms with van der Waals surface area (Å²) >= 11 is 0. The predicted molar refractivity (Wildman–Crippen MR) is 60.4 cm³/mol. The molecule has 0 saturated carbocycles. The Morgan fingerprint density at radius 3 is 2.62 bits per heavy atom. The molecule has 0 bridgehead atoms. The summed E-state index contributed by atoms with van der Waals surface area (Å²) in [5.74, 6) is -0.191. The third-order valence-corrected chi connectivity index (χ3v) is 2.81. The van der Waals surface area contributed by atoms with Crippen LogP contribution in [0, 0.1) is 0 Å². The second kappa shape index (κ2) is 4.07. The van der Waals surface area contributed by atoms with Gasteiger partial charge in [0.25, 0.3) is 0 Å². The van der Waals surface area contributed by atoms with Crippen LogP contribution in [0.2, 0.25) is 0 Å². The number of hydrogen-bond acceptors (Lipinski definition) is 3. The first kappa shape index (κ1) is 10.8. The molecule has 5 nitrogen and oxygen atoms in total. The highest BCUT2D eigenvalue weighted by Gasteiger charge is 2.10. The fraction of sp³-hybridized carbons (Fsp3) is 0.100. The molecule has 0 aliphatic carbocycles. The van der Waals surface area contributed by atoms with Crippen LogP contribution in [0.4, 0.5) is 0 Å². The maximum absolute atomic E-state index is 11.1. The van der Waals surface area contributed by atoms with Crippen LogP contribution in [0.15, 0.2) is 42.7 Å². The summed E-state index contributed by atoms with van der Waals surface area (Å²) in [6.45, 7) is 0. The van der Waals surface area contributed by atoms with Crippen molar-refractivity contribution in [3.8, 4) is 5.69 Å². The van der Waals surface area contributed by atoms with Crippen molar-refractivity contribution in [3.63, 3.8) is 0 Å². The van der Waals surface area contributed by atoms with Gasteiger partial charge in [0.2, 0.25) is 10.0 Å². The summed E-state index contributed by atoms with van der Waals surface area (Å²) in [5, 5.41) is 9.09. The van der Waals surface area contributed by atoms with Gasteiger partial charge in [0.05, 0.1) is 11.4 Å². The molecule has 0 fully saturated rings. The topological polar surface area (TPSA) is 78.0 Å². The van der Waals surface area contributed by atoms with E-state index in [2.05, 4.69) is 5.10 Å². The molecule has 0 saturated heterocycles. The standard InChI is InChI=1S/C10H11N3O2S/c11-16(14,15)8-9-4-1-2-5-10(9)13-7-3-6-12-13/h1-7H,8H2,(H2,11,14,15). The Balaban J connectivity index is 2.47. The van der Waals surface area contributed by atoms with Crippen molar-refractivity contribution in [2.24, 2.45) is 5.14 Å². The summed E-state index contributed by atoms with van der Waals surface area (Å²) in [5.41, 5.74) is 1.36. The van der Waals surface area contributed by atoms with Crippen LogP contribution in [0.1, 0.15) is 5.56 Å². The van der Waals surface area contributed by atoms with Gasteiger partial charge >= 0.3 is 0 Å². The van der Waals surface area contributed by atoms with E-state index in [1.54, 1.807) is 41.3 Å². The van der Waals surface area contributed by atoms with Gasteiger partial charge in [0, 0.05) is 12.4 Å². The van der Waals surface area contributed by atoms with E-state index < -0.39 is 10.0 Å². The Hall–Kier alpha value is -1.66. The number of sulfonamides is 1. The fourth-order valence-electron chi connectivity index (χ4n) is 1.48. The molecule has 0 unspecified atom stereocenters. The quantitative estimate of drug-likeness (QED) is 0.851. The van der Waals surface area contributed by atoms with Crippen LogP contribution in [0.25, 0.3) is 5.69 Å². The minimum atomic E-state index is -3.53. The molecule has 0 atom stereocenters. The monoisotopic (exact) mass is 237 g/mol. The number of benzene rings is 1. The minimum Gasteiger partial charge on any atom is -0.241 e. The largest absolute Gasteiger partial charge is 0.241 e. The summed E-state index contributed by atoms with van der Waals surface area (Å²) in [7, 11) is -3.53. The lowest BCUT2D eigenvalue weighted by atomic mass is 10.2. The summed E-state index contributed by atoms with van der Waals surface area (Å²) < 4.78 is 23.8. The van der Waals surface area contributed by atoms with Gasteiger partial charge in [-0.3, -0.25) is 0 Å². The van der Waals surface area contributed by atoms with Gasteiger partial charge in [-0.1, -0.05) is 18.2 Å². The van der Waals surface area contributed by atoms with Crippen LogP contribution in [0.3, 0.4) is 0 Å². The average Bonchev–Trinajstić information content (AvgIpc) is 2.69. The lowest BCUT2D eigenvalue weighted by Gasteiger charge is -2.07. The Morgan fingerprint density at radius 1 is 1.25 bits per heavy atom. The van der Waals surface area contributed by atoms with Crippen LogP contribution >= 0.6 is 0 Å². The number of primary sulfonamides is 1. The predicted octanol–water partition coefficient (Wildman–Crippen LogP) is 0.661. The molecule has 0 spiro atoms. The lowest BCUT2D eigenvalue weighted by Crippen LogP contribution is -2.16. The molecule has 0 aliphatic rings. The third-order valence-electron chi connectivity index (χ3n) is 2.10. The first-order chi connectivity index (χ1) is 7.56. The van der Waals surface area contributed by atoms with Gasteiger partial charge in [-0.25, -0.2) is 18.2 Å². The zero-order valence-electron chi connectivity index (χ0n) is 8.45. The highest BCUT2D eigenvalue weighted by Crippen LogP contribution is 2.15. The van der Waals surface area contributed by atoms with Gasteiger partial charge < -0.3 is 0 Å². The van der Waals surface area contributed by atoms with Gasteiger partial charge in [-0.2, -0.15) is 5.10 Å². The number of rotatable bonds is 3. The second-order valence-corrected chi connectivity index (χ2v) is 5.00. The Kier molecular flexibility index (Phi) is 2.76. The zero-order valence-corrected chi connectivity index (χ0v) is 9.26. The molecule has 0 radical (unpaired) electrons. The molecule has 16 heavy (non-hydrogen) atoms. The number of aromatic nitrogens is 2. The van der Waals surface area contributed by atoms with Crippen LogP contribution in [0.5, 0.6) is 0 Å². The molecular formula is C10H11N3O2S. The first-order valence-corrected chi connectivity index (χ1v) is 6.36. The van der Waals surface area contributed by atoms with Crippen molar-refractivity contribution in [2.45, 2.75) is 5.75 Å². The molecule has 0 amide bonds. The highest BCUT2D eigenvalue weighted by molar-refractivity contribution is 7.88. The number of hydrogen-bond donors (Lipinski definition) is 1. The Bertz CT molecular complexity index is 576. The van der Waals surface area contributed by atoms with Gasteiger partial charge in [-0.15, -0.1) is 0 Å². The van der Waals surface area contributed by atoms with E-state index in [4.69, 9.17) is 5.14 Å². The number of para-hydroxylation sites is 1. The van der Waals surface area contributed by atoms with E-state index in [0.717, 1.165) is 5.69 Å². The first-order valence-electron chi connectivity index (χ1n) is 4.65. The van der Waals surface area contributed by atoms with Crippen LogP contribution in [-0.2, 0) is 15.8 Å². The minimum absolute atomic E-state index is 0.191. The summed E-state index contributed by atoms with van der Waals surface area (Å²) in [6.07, 6.45) is 3.38. The summed E-state index contributed by atoms with van der Waals surface area (Å²) in [6, 6.07) is 8.89. The molecule has 6 heteroatoms. The molecule has 2 rings (SSSR count). The van der Waals surface area contributed by atoms with Gasteiger partial charge in [-0.05, 0) is 17.7 Å². The SMILES string of the molecule is NS(=O)(=O)Cc1ccccc1-n1cccn1. The molecule has 1 heterocycles. The van der Waals surface area contributed by atoms with E-state index in [0.29, 0.717) is 5.56 Å². The average molecular weight is 237 g/mol. The molecule has 2 N–H and O–H groups in total. The number of nitrogens with two attached hydrogens (primary N) is 1. The van der Waals surface area contributed by atoms with Crippen molar-refractivity contribution in [3.05, 3.63) is 48.3 Å². The zero-order chi connectivity index (χ0) is 11.6. The van der Waals surface area contributed by atoms with Crippen molar-refractivity contribution < 1.29 is 8.42 Å². The molecule has 0 aliphatic heterocycles. The maximum atomic E-state index is 11.1. The molecular weight excluding hydrogens is 226 g/mol. The van der Waals surface area contributed by atoms with Crippen LogP contribution < -0.4 is 5.14 Å². The van der Waals surface area contributed by atoms with Crippen molar-refractivity contribution in [1.29, 1.82) is 0 Å². The second-order valence-electron chi connectivity index (χ2n) is 3.39. The molecule has 2 aromatic rings. The van der Waals surface area contributed by atoms with Crippen molar-refractivity contribution >= 4 is 10.0 Å². The fourth-order valence-corrected chi connectivity index (χ4v) is 2.16. The molecule has 1 aromatic carbocycles. The maximum Gasteiger partial charge on any atom is 0.213 e. The molecule has 1 aromatic heterocycles. The molecule has 84 valence electrons. The van der Waals surface area contributed by atoms with Crippen molar-refractivity contribution in [1.82, 2.24) is 9.78 Å². The van der Waals surface area contributed by atoms with Crippen LogP contribution in [-0.4, -0.2) is 18.2 Å². The smallest absolute Gasteiger partial charge is 0.213 e. The Labute approximate surface area is 93.6 Å². The van der Waals surface area contributed by atoms with Gasteiger partial charge in [0.1, 0.15) is 0 Å². The lowest BCUT2D eigenvalue weighted by molar-refractivity contribution is 0.597. The third kappa shape index (κ3) is 2.47. The summed E-state index contributed by atoms with van der Waals surface area (Å²) in [4.78, 5) is 0. The van der Waals surface area contributed by atoms with E-state index in [-0.39, 0.29) is 5.75 Å². The normalized spacial score (nSPS) is 11.6. The van der Waals surface area contributed by atoms with E-state index in [9.17, 15) is 8.42 Å². The van der Waals surface area contributed by atoms with E-state index >= 15 is 0 Å². The van der Waals surface area contributed by atoms with Gasteiger partial charge in [0.15, 0.2) is 0 Å². The van der Waals surface area contributed by atoms with E-state index in [1.165, 1.54) is 0 Å².